The zero-order valence-electron chi connectivity index (χ0n) is 7.66. The average molecular weight is 197 g/mol. The van der Waals surface area contributed by atoms with Gasteiger partial charge in [0, 0.05) is 11.5 Å². The molecule has 2 rings (SSSR count). The van der Waals surface area contributed by atoms with E-state index in [1.807, 2.05) is 0 Å². The summed E-state index contributed by atoms with van der Waals surface area (Å²) in [6, 6.07) is 4.19. The molecule has 0 radical (unpaired) electrons. The van der Waals surface area contributed by atoms with Crippen LogP contribution in [0.3, 0.4) is 0 Å². The fourth-order valence-electron chi connectivity index (χ4n) is 1.74. The Kier molecular flexibility index (Phi) is 2.17. The second-order valence-electron chi connectivity index (χ2n) is 3.76. The number of benzene rings is 1. The third-order valence-corrected chi connectivity index (χ3v) is 2.74. The fourth-order valence-corrected chi connectivity index (χ4v) is 1.74. The predicted molar refractivity (Wildman–Crippen MR) is 49.1 cm³/mol. The summed E-state index contributed by atoms with van der Waals surface area (Å²) in [5.74, 6) is 4.55. The van der Waals surface area contributed by atoms with Gasteiger partial charge < -0.3 is 9.94 Å². The quantitative estimate of drug-likeness (QED) is 0.721. The number of phenolic OH excluding ortho intramolecular Hbond substituents is 1. The third kappa shape index (κ3) is 1.47. The molecule has 1 fully saturated rings. The molecule has 1 aromatic rings. The molecule has 3 nitrogen and oxygen atoms in total. The van der Waals surface area contributed by atoms with Crippen LogP contribution >= 0.6 is 0 Å². The highest BCUT2D eigenvalue weighted by molar-refractivity contribution is 5.37. The number of nitrogens with two attached hydrogens (primary N) is 1. The summed E-state index contributed by atoms with van der Waals surface area (Å²) in [6.45, 7) is 0.328. The van der Waals surface area contributed by atoms with Crippen LogP contribution in [0.5, 0.6) is 5.75 Å². The van der Waals surface area contributed by atoms with E-state index >= 15 is 0 Å². The van der Waals surface area contributed by atoms with Gasteiger partial charge in [-0.25, -0.2) is 10.3 Å². The molecule has 1 aliphatic carbocycles. The molecule has 76 valence electrons. The minimum atomic E-state index is -0.389. The SMILES string of the molecule is NOCC1(c2ccc(O)cc2F)CC1. The number of hydrogen-bond donors (Lipinski definition) is 2. The van der Waals surface area contributed by atoms with Crippen molar-refractivity contribution in [1.82, 2.24) is 0 Å². The van der Waals surface area contributed by atoms with E-state index in [2.05, 4.69) is 4.84 Å². The van der Waals surface area contributed by atoms with Crippen LogP contribution in [0.2, 0.25) is 0 Å². The number of hydrogen-bond acceptors (Lipinski definition) is 3. The van der Waals surface area contributed by atoms with Gasteiger partial charge in [-0.2, -0.15) is 0 Å². The summed E-state index contributed by atoms with van der Waals surface area (Å²) < 4.78 is 13.5. The Bertz CT molecular complexity index is 350. The first-order chi connectivity index (χ1) is 6.68. The number of rotatable bonds is 3. The number of halogens is 1. The van der Waals surface area contributed by atoms with E-state index in [1.165, 1.54) is 6.07 Å². The van der Waals surface area contributed by atoms with Crippen molar-refractivity contribution in [2.24, 2.45) is 5.90 Å². The lowest BCUT2D eigenvalue weighted by atomic mass is 9.96. The van der Waals surface area contributed by atoms with Crippen LogP contribution in [0, 0.1) is 5.82 Å². The topological polar surface area (TPSA) is 55.5 Å². The Labute approximate surface area is 81.3 Å². The first kappa shape index (κ1) is 9.43. The molecule has 0 bridgehead atoms. The molecule has 1 saturated carbocycles. The Morgan fingerprint density at radius 1 is 1.50 bits per heavy atom. The lowest BCUT2D eigenvalue weighted by Crippen LogP contribution is -2.19. The van der Waals surface area contributed by atoms with Gasteiger partial charge in [-0.15, -0.1) is 0 Å². The van der Waals surface area contributed by atoms with Crippen LogP contribution in [0.15, 0.2) is 18.2 Å². The van der Waals surface area contributed by atoms with E-state index in [4.69, 9.17) is 11.0 Å². The summed E-state index contributed by atoms with van der Waals surface area (Å²) in [5.41, 5.74) is 0.327. The van der Waals surface area contributed by atoms with E-state index < -0.39 is 0 Å². The Morgan fingerprint density at radius 2 is 2.21 bits per heavy atom. The van der Waals surface area contributed by atoms with Crippen molar-refractivity contribution in [1.29, 1.82) is 0 Å². The van der Waals surface area contributed by atoms with Gasteiger partial charge in [0.25, 0.3) is 0 Å². The summed E-state index contributed by atoms with van der Waals surface area (Å²) in [6.07, 6.45) is 1.76. The van der Waals surface area contributed by atoms with Gasteiger partial charge in [0.15, 0.2) is 0 Å². The van der Waals surface area contributed by atoms with E-state index in [0.717, 1.165) is 18.9 Å². The molecular formula is C10H12FNO2. The van der Waals surface area contributed by atoms with E-state index in [-0.39, 0.29) is 17.0 Å². The maximum Gasteiger partial charge on any atom is 0.130 e. The largest absolute Gasteiger partial charge is 0.508 e. The molecule has 0 unspecified atom stereocenters. The van der Waals surface area contributed by atoms with Gasteiger partial charge in [0.05, 0.1) is 6.61 Å². The van der Waals surface area contributed by atoms with Crippen molar-refractivity contribution in [2.75, 3.05) is 6.61 Å². The van der Waals surface area contributed by atoms with E-state index in [9.17, 15) is 4.39 Å². The Morgan fingerprint density at radius 3 is 2.71 bits per heavy atom. The zero-order chi connectivity index (χ0) is 10.2. The van der Waals surface area contributed by atoms with Crippen LogP contribution in [0.1, 0.15) is 18.4 Å². The average Bonchev–Trinajstić information content (AvgIpc) is 2.86. The predicted octanol–water partition coefficient (Wildman–Crippen LogP) is 1.45. The number of aromatic hydroxyl groups is 1. The summed E-state index contributed by atoms with van der Waals surface area (Å²) in [4.78, 5) is 4.58. The summed E-state index contributed by atoms with van der Waals surface area (Å²) in [7, 11) is 0. The molecule has 1 aromatic carbocycles. The normalized spacial score (nSPS) is 18.1. The van der Waals surface area contributed by atoms with Gasteiger partial charge in [-0.1, -0.05) is 6.07 Å². The fraction of sp³-hybridized carbons (Fsp3) is 0.400. The smallest absolute Gasteiger partial charge is 0.130 e. The minimum Gasteiger partial charge on any atom is -0.508 e. The molecule has 4 heteroatoms. The molecule has 0 aromatic heterocycles. The van der Waals surface area contributed by atoms with Gasteiger partial charge in [0.2, 0.25) is 0 Å². The lowest BCUT2D eigenvalue weighted by molar-refractivity contribution is 0.115. The standard InChI is InChI=1S/C10H12FNO2/c11-9-5-7(13)1-2-8(9)10(3-4-10)6-14-12/h1-2,5,13H,3-4,6,12H2. The maximum absolute atomic E-state index is 13.5. The Hall–Kier alpha value is -1.13. The third-order valence-electron chi connectivity index (χ3n) is 2.74. The molecule has 14 heavy (non-hydrogen) atoms. The molecule has 1 aliphatic rings. The first-order valence-corrected chi connectivity index (χ1v) is 4.49. The highest BCUT2D eigenvalue weighted by atomic mass is 19.1. The van der Waals surface area contributed by atoms with Crippen LogP contribution in [0.25, 0.3) is 0 Å². The van der Waals surface area contributed by atoms with E-state index in [0.29, 0.717) is 12.2 Å². The zero-order valence-corrected chi connectivity index (χ0v) is 7.66. The molecule has 0 amide bonds. The second kappa shape index (κ2) is 3.22. The van der Waals surface area contributed by atoms with Crippen molar-refractivity contribution in [2.45, 2.75) is 18.3 Å². The van der Waals surface area contributed by atoms with Gasteiger partial charge in [-0.3, -0.25) is 0 Å². The molecule has 0 saturated heterocycles. The van der Waals surface area contributed by atoms with Gasteiger partial charge in [-0.05, 0) is 24.5 Å². The van der Waals surface area contributed by atoms with Gasteiger partial charge in [0.1, 0.15) is 11.6 Å². The molecule has 0 spiro atoms. The molecule has 3 N–H and O–H groups in total. The van der Waals surface area contributed by atoms with Crippen LogP contribution in [-0.4, -0.2) is 11.7 Å². The van der Waals surface area contributed by atoms with E-state index in [1.54, 1.807) is 6.07 Å². The molecule has 0 aliphatic heterocycles. The minimum absolute atomic E-state index is 0.0595. The lowest BCUT2D eigenvalue weighted by Gasteiger charge is -2.14. The van der Waals surface area contributed by atoms with Crippen molar-refractivity contribution < 1.29 is 14.3 Å². The van der Waals surface area contributed by atoms with Crippen molar-refractivity contribution >= 4 is 0 Å². The molecular weight excluding hydrogens is 185 g/mol. The van der Waals surface area contributed by atoms with Crippen LogP contribution in [0.4, 0.5) is 4.39 Å². The van der Waals surface area contributed by atoms with Crippen LogP contribution in [-0.2, 0) is 10.3 Å². The highest BCUT2D eigenvalue weighted by Gasteiger charge is 2.46. The first-order valence-electron chi connectivity index (χ1n) is 4.49. The van der Waals surface area contributed by atoms with Gasteiger partial charge >= 0.3 is 0 Å². The molecule has 0 atom stereocenters. The highest BCUT2D eigenvalue weighted by Crippen LogP contribution is 2.49. The maximum atomic E-state index is 13.5. The molecule has 0 heterocycles. The second-order valence-corrected chi connectivity index (χ2v) is 3.76. The Balaban J connectivity index is 2.32. The van der Waals surface area contributed by atoms with Crippen LogP contribution < -0.4 is 5.90 Å². The summed E-state index contributed by atoms with van der Waals surface area (Å²) >= 11 is 0. The monoisotopic (exact) mass is 197 g/mol. The van der Waals surface area contributed by atoms with Crippen molar-refractivity contribution in [3.8, 4) is 5.75 Å². The van der Waals surface area contributed by atoms with Crippen molar-refractivity contribution in [3.05, 3.63) is 29.6 Å². The summed E-state index contributed by atoms with van der Waals surface area (Å²) in [5, 5.41) is 9.06. The number of phenols is 1. The van der Waals surface area contributed by atoms with Crippen molar-refractivity contribution in [3.63, 3.8) is 0 Å².